The molecule has 0 bridgehead atoms. The Morgan fingerprint density at radius 3 is 0.880 bits per heavy atom. The maximum Gasteiger partial charge on any atom is 0.472 e. The van der Waals surface area contributed by atoms with E-state index in [1.54, 1.807) is 0 Å². The van der Waals surface area contributed by atoms with Crippen LogP contribution in [-0.2, 0) is 65.4 Å². The van der Waals surface area contributed by atoms with Crippen LogP contribution in [0.5, 0.6) is 0 Å². The highest BCUT2D eigenvalue weighted by molar-refractivity contribution is 7.47. The monoisotopic (exact) mass is 1350 g/mol. The number of carbonyl (C=O) groups excluding carboxylic acids is 4. The molecule has 542 valence electrons. The third kappa shape index (κ3) is 66.2. The highest BCUT2D eigenvalue weighted by Crippen LogP contribution is 2.45. The number of hydrogen-bond acceptors (Lipinski definition) is 15. The molecule has 0 heterocycles. The molecule has 0 aliphatic carbocycles. The number of allylic oxidation sites excluding steroid dienone is 4. The SMILES string of the molecule is CCCCCC/C=C\C=C/CCCCCCCC(=O)OC[C@H](COP(=O)(O)OCC(O)COP(=O)(O)OC[C@@H](COC(=O)CCCCCCCCCC(C)C)OC(=O)CCCCCCCCCCCCCCC(C)C)OC(=O)CCCCCCCCCCCC(C)C. The zero-order chi connectivity index (χ0) is 68.0. The fourth-order valence-corrected chi connectivity index (χ4v) is 12.1. The molecule has 3 unspecified atom stereocenters. The predicted octanol–water partition coefficient (Wildman–Crippen LogP) is 20.6. The average molecular weight is 1350 g/mol. The predicted molar refractivity (Wildman–Crippen MR) is 372 cm³/mol. The van der Waals surface area contributed by atoms with Gasteiger partial charge in [0.05, 0.1) is 26.4 Å². The molecule has 0 aromatic heterocycles. The van der Waals surface area contributed by atoms with E-state index in [0.29, 0.717) is 31.6 Å². The molecule has 17 nitrogen and oxygen atoms in total. The molecule has 0 aromatic rings. The minimum Gasteiger partial charge on any atom is -0.462 e. The molecule has 0 spiro atoms. The molecule has 3 N–H and O–H groups in total. The van der Waals surface area contributed by atoms with Crippen molar-refractivity contribution in [1.29, 1.82) is 0 Å². The number of hydrogen-bond donors (Lipinski definition) is 3. The Hall–Kier alpha value is -2.46. The van der Waals surface area contributed by atoms with E-state index < -0.39 is 97.5 Å². The van der Waals surface area contributed by atoms with Crippen molar-refractivity contribution in [3.05, 3.63) is 24.3 Å². The molecule has 0 rings (SSSR count). The lowest BCUT2D eigenvalue weighted by molar-refractivity contribution is -0.161. The zero-order valence-corrected chi connectivity index (χ0v) is 61.3. The first-order valence-corrected chi connectivity index (χ1v) is 40.2. The number of phosphoric ester groups is 2. The summed E-state index contributed by atoms with van der Waals surface area (Å²) in [6.45, 7) is 11.7. The largest absolute Gasteiger partial charge is 0.472 e. The molecule has 0 aliphatic heterocycles. The van der Waals surface area contributed by atoms with Gasteiger partial charge < -0.3 is 33.8 Å². The Balaban J connectivity index is 5.28. The molecule has 0 saturated carbocycles. The fourth-order valence-electron chi connectivity index (χ4n) is 10.5. The van der Waals surface area contributed by atoms with Crippen LogP contribution in [0.2, 0.25) is 0 Å². The number of aliphatic hydroxyl groups excluding tert-OH is 1. The molecular weight excluding hydrogens is 1210 g/mol. The summed E-state index contributed by atoms with van der Waals surface area (Å²) in [6, 6.07) is 0. The molecule has 0 amide bonds. The molecule has 0 saturated heterocycles. The van der Waals surface area contributed by atoms with E-state index in [-0.39, 0.29) is 25.7 Å². The normalized spacial score (nSPS) is 14.3. The summed E-state index contributed by atoms with van der Waals surface area (Å²) in [7, 11) is -9.92. The van der Waals surface area contributed by atoms with Gasteiger partial charge in [0.1, 0.15) is 19.3 Å². The van der Waals surface area contributed by atoms with E-state index in [0.717, 1.165) is 127 Å². The van der Waals surface area contributed by atoms with Gasteiger partial charge in [-0.3, -0.25) is 37.3 Å². The van der Waals surface area contributed by atoms with Crippen LogP contribution >= 0.6 is 15.6 Å². The molecule has 0 fully saturated rings. The first kappa shape index (κ1) is 89.5. The Morgan fingerprint density at radius 2 is 0.587 bits per heavy atom. The van der Waals surface area contributed by atoms with Gasteiger partial charge in [0.2, 0.25) is 0 Å². The number of rotatable bonds is 69. The van der Waals surface area contributed by atoms with E-state index >= 15 is 0 Å². The lowest BCUT2D eigenvalue weighted by Crippen LogP contribution is -2.30. The maximum atomic E-state index is 13.0. The van der Waals surface area contributed by atoms with Gasteiger partial charge in [-0.1, -0.05) is 291 Å². The van der Waals surface area contributed by atoms with Gasteiger partial charge in [0.15, 0.2) is 12.2 Å². The maximum absolute atomic E-state index is 13.0. The molecule has 19 heteroatoms. The first-order valence-electron chi connectivity index (χ1n) is 37.2. The van der Waals surface area contributed by atoms with Gasteiger partial charge in [0, 0.05) is 25.7 Å². The zero-order valence-electron chi connectivity index (χ0n) is 59.5. The topological polar surface area (TPSA) is 237 Å². The van der Waals surface area contributed by atoms with Crippen LogP contribution in [0.25, 0.3) is 0 Å². The van der Waals surface area contributed by atoms with E-state index in [2.05, 4.69) is 72.8 Å². The van der Waals surface area contributed by atoms with E-state index in [1.807, 2.05) is 0 Å². The van der Waals surface area contributed by atoms with Gasteiger partial charge in [-0.05, 0) is 69.1 Å². The average Bonchev–Trinajstić information content (AvgIpc) is 3.29. The van der Waals surface area contributed by atoms with Crippen molar-refractivity contribution in [1.82, 2.24) is 0 Å². The Kier molecular flexibility index (Phi) is 61.6. The summed E-state index contributed by atoms with van der Waals surface area (Å²) in [5, 5.41) is 10.6. The van der Waals surface area contributed by atoms with Crippen molar-refractivity contribution in [2.45, 2.75) is 362 Å². The third-order valence-corrected chi connectivity index (χ3v) is 18.2. The second-order valence-electron chi connectivity index (χ2n) is 27.1. The van der Waals surface area contributed by atoms with Crippen LogP contribution in [0.3, 0.4) is 0 Å². The Labute approximate surface area is 561 Å². The minimum atomic E-state index is -4.96. The van der Waals surface area contributed by atoms with Gasteiger partial charge in [-0.25, -0.2) is 9.13 Å². The third-order valence-electron chi connectivity index (χ3n) is 16.3. The molecular formula is C73H138O17P2. The van der Waals surface area contributed by atoms with Crippen LogP contribution in [0.1, 0.15) is 344 Å². The van der Waals surface area contributed by atoms with Crippen LogP contribution < -0.4 is 0 Å². The summed E-state index contributed by atoms with van der Waals surface area (Å²) >= 11 is 0. The number of carbonyl (C=O) groups is 4. The molecule has 92 heavy (non-hydrogen) atoms. The summed E-state index contributed by atoms with van der Waals surface area (Å²) < 4.78 is 68.3. The first-order chi connectivity index (χ1) is 44.2. The minimum absolute atomic E-state index is 0.0980. The van der Waals surface area contributed by atoms with Crippen molar-refractivity contribution in [2.24, 2.45) is 17.8 Å². The van der Waals surface area contributed by atoms with Crippen LogP contribution in [-0.4, -0.2) is 96.7 Å². The van der Waals surface area contributed by atoms with Crippen molar-refractivity contribution >= 4 is 39.5 Å². The molecule has 0 aliphatic rings. The van der Waals surface area contributed by atoms with E-state index in [1.165, 1.54) is 128 Å². The summed E-state index contributed by atoms with van der Waals surface area (Å²) in [4.78, 5) is 72.6. The quantitative estimate of drug-likeness (QED) is 0.0169. The number of esters is 4. The van der Waals surface area contributed by atoms with Crippen LogP contribution in [0, 0.1) is 17.8 Å². The second-order valence-corrected chi connectivity index (χ2v) is 30.0. The van der Waals surface area contributed by atoms with Gasteiger partial charge >= 0.3 is 39.5 Å². The van der Waals surface area contributed by atoms with Crippen molar-refractivity contribution in [3.8, 4) is 0 Å². The van der Waals surface area contributed by atoms with Gasteiger partial charge in [0.25, 0.3) is 0 Å². The number of phosphoric acid groups is 2. The van der Waals surface area contributed by atoms with Gasteiger partial charge in [-0.15, -0.1) is 0 Å². The van der Waals surface area contributed by atoms with E-state index in [9.17, 15) is 43.2 Å². The van der Waals surface area contributed by atoms with Crippen molar-refractivity contribution in [2.75, 3.05) is 39.6 Å². The molecule has 5 atom stereocenters. The van der Waals surface area contributed by atoms with Crippen LogP contribution in [0.4, 0.5) is 0 Å². The number of unbranched alkanes of at least 4 members (excludes halogenated alkanes) is 34. The van der Waals surface area contributed by atoms with E-state index in [4.69, 9.17) is 37.0 Å². The highest BCUT2D eigenvalue weighted by atomic mass is 31.2. The summed E-state index contributed by atoms with van der Waals surface area (Å²) in [5.74, 6) is 0.0581. The van der Waals surface area contributed by atoms with Crippen molar-refractivity contribution < 1.29 is 80.2 Å². The number of ether oxygens (including phenoxy) is 4. The lowest BCUT2D eigenvalue weighted by Gasteiger charge is -2.21. The summed E-state index contributed by atoms with van der Waals surface area (Å²) in [5.41, 5.74) is 0. The second kappa shape index (κ2) is 63.3. The van der Waals surface area contributed by atoms with Gasteiger partial charge in [-0.2, -0.15) is 0 Å². The Morgan fingerprint density at radius 1 is 0.337 bits per heavy atom. The smallest absolute Gasteiger partial charge is 0.462 e. The lowest BCUT2D eigenvalue weighted by atomic mass is 10.0. The fraction of sp³-hybridized carbons (Fsp3) is 0.890. The standard InChI is InChI=1S/C73H138O17P2/c1-8-9-10-11-12-13-14-15-16-17-21-26-33-40-47-54-70(75)83-60-68(90-73(78)57-50-43-35-28-23-25-31-38-45-52-65(4)5)62-87-91(79,80)85-58-67(74)59-86-92(81,82)88-63-69(61-84-71(76)55-48-41-36-29-32-39-46-53-66(6)7)89-72(77)56-49-42-34-27-22-19-18-20-24-30-37-44-51-64(2)3/h13-16,64-69,74H,8-12,17-63H2,1-7H3,(H,79,80)(H,81,82)/b14-13-,16-15-/t67?,68-,69-/m1/s1. The molecule has 0 aromatic carbocycles. The Bertz CT molecular complexity index is 1890. The van der Waals surface area contributed by atoms with Crippen molar-refractivity contribution in [3.63, 3.8) is 0 Å². The highest BCUT2D eigenvalue weighted by Gasteiger charge is 2.30. The number of aliphatic hydroxyl groups is 1. The molecule has 0 radical (unpaired) electrons. The van der Waals surface area contributed by atoms with Crippen LogP contribution in [0.15, 0.2) is 24.3 Å². The summed E-state index contributed by atoms with van der Waals surface area (Å²) in [6.07, 6.45) is 50.8.